The zero-order valence-electron chi connectivity index (χ0n) is 16.5. The Kier molecular flexibility index (Phi) is 8.02. The minimum atomic E-state index is -0.632. The number of esters is 1. The van der Waals surface area contributed by atoms with E-state index in [0.717, 1.165) is 35.2 Å². The van der Waals surface area contributed by atoms with Gasteiger partial charge in [-0.2, -0.15) is 11.8 Å². The molecule has 0 fully saturated rings. The number of ether oxygens (including phenoxy) is 1. The number of hydrogen-bond acceptors (Lipinski definition) is 8. The lowest BCUT2D eigenvalue weighted by atomic mass is 9.97. The highest BCUT2D eigenvalue weighted by atomic mass is 32.2. The quantitative estimate of drug-likeness (QED) is 0.560. The second-order valence-corrected chi connectivity index (χ2v) is 9.88. The molecule has 0 bridgehead atoms. The van der Waals surface area contributed by atoms with E-state index in [9.17, 15) is 14.4 Å². The Morgan fingerprint density at radius 3 is 2.90 bits per heavy atom. The Hall–Kier alpha value is -1.52. The van der Waals surface area contributed by atoms with Gasteiger partial charge in [-0.1, -0.05) is 0 Å². The summed E-state index contributed by atoms with van der Waals surface area (Å²) in [6, 6.07) is -0.632. The van der Waals surface area contributed by atoms with Crippen molar-refractivity contribution in [2.75, 3.05) is 24.9 Å². The fourth-order valence-corrected chi connectivity index (χ4v) is 5.83. The van der Waals surface area contributed by atoms with Crippen molar-refractivity contribution >= 4 is 57.0 Å². The third kappa shape index (κ3) is 5.55. The lowest BCUT2D eigenvalue weighted by molar-refractivity contribution is -0.144. The molecule has 10 heteroatoms. The van der Waals surface area contributed by atoms with Crippen molar-refractivity contribution in [1.82, 2.24) is 15.3 Å². The summed E-state index contributed by atoms with van der Waals surface area (Å²) in [5.74, 6) is 1.26. The van der Waals surface area contributed by atoms with Crippen LogP contribution in [0.5, 0.6) is 0 Å². The summed E-state index contributed by atoms with van der Waals surface area (Å²) in [4.78, 5) is 46.1. The van der Waals surface area contributed by atoms with E-state index in [1.165, 1.54) is 35.7 Å². The number of H-pyrrole nitrogens is 1. The van der Waals surface area contributed by atoms with Gasteiger partial charge in [0.05, 0.1) is 24.0 Å². The van der Waals surface area contributed by atoms with Crippen LogP contribution in [0.25, 0.3) is 10.2 Å². The first-order chi connectivity index (χ1) is 14.0. The van der Waals surface area contributed by atoms with E-state index in [4.69, 9.17) is 4.74 Å². The maximum absolute atomic E-state index is 12.6. The smallest absolute Gasteiger partial charge is 0.328 e. The lowest BCUT2D eigenvalue weighted by Crippen LogP contribution is -2.42. The topological polar surface area (TPSA) is 101 Å². The Morgan fingerprint density at radius 2 is 2.14 bits per heavy atom. The van der Waals surface area contributed by atoms with E-state index >= 15 is 0 Å². The molecule has 0 aromatic carbocycles. The third-order valence-corrected chi connectivity index (χ3v) is 7.55. The van der Waals surface area contributed by atoms with E-state index in [1.807, 2.05) is 6.26 Å². The number of fused-ring (bicyclic) bond motifs is 3. The summed E-state index contributed by atoms with van der Waals surface area (Å²) in [6.07, 6.45) is 6.73. The van der Waals surface area contributed by atoms with Crippen LogP contribution >= 0.6 is 34.9 Å². The van der Waals surface area contributed by atoms with Gasteiger partial charge in [0.25, 0.3) is 5.56 Å². The van der Waals surface area contributed by atoms with Crippen molar-refractivity contribution in [3.05, 3.63) is 26.6 Å². The average Bonchev–Trinajstić information content (AvgIpc) is 3.09. The molecule has 0 saturated carbocycles. The van der Waals surface area contributed by atoms with Crippen LogP contribution in [0.3, 0.4) is 0 Å². The van der Waals surface area contributed by atoms with Gasteiger partial charge in [0.2, 0.25) is 5.91 Å². The molecule has 2 aromatic rings. The first kappa shape index (κ1) is 22.2. The van der Waals surface area contributed by atoms with E-state index in [-0.39, 0.29) is 17.2 Å². The molecule has 1 atom stereocenters. The number of aromatic amines is 1. The molecule has 0 aliphatic heterocycles. The Morgan fingerprint density at radius 1 is 1.34 bits per heavy atom. The third-order valence-electron chi connectivity index (χ3n) is 4.78. The molecule has 7 nitrogen and oxygen atoms in total. The van der Waals surface area contributed by atoms with Crippen molar-refractivity contribution in [2.45, 2.75) is 43.9 Å². The van der Waals surface area contributed by atoms with Crippen molar-refractivity contribution in [3.63, 3.8) is 0 Å². The van der Waals surface area contributed by atoms with Crippen LogP contribution in [-0.4, -0.2) is 52.8 Å². The number of amides is 1. The monoisotopic (exact) mass is 455 g/mol. The number of thioether (sulfide) groups is 2. The second kappa shape index (κ2) is 10.5. The second-order valence-electron chi connectivity index (χ2n) is 6.82. The normalized spacial score (nSPS) is 14.4. The predicted molar refractivity (Wildman–Crippen MR) is 120 cm³/mol. The highest BCUT2D eigenvalue weighted by molar-refractivity contribution is 7.99. The summed E-state index contributed by atoms with van der Waals surface area (Å²) in [5, 5.41) is 3.47. The van der Waals surface area contributed by atoms with Crippen LogP contribution in [-0.2, 0) is 32.9 Å². The van der Waals surface area contributed by atoms with E-state index < -0.39 is 12.0 Å². The first-order valence-corrected chi connectivity index (χ1v) is 12.9. The minimum Gasteiger partial charge on any atom is -0.467 e. The van der Waals surface area contributed by atoms with Crippen molar-refractivity contribution in [3.8, 4) is 0 Å². The molecule has 3 rings (SSSR count). The Labute approximate surface area is 181 Å². The van der Waals surface area contributed by atoms with Crippen LogP contribution in [0.1, 0.15) is 35.5 Å². The van der Waals surface area contributed by atoms with E-state index in [2.05, 4.69) is 15.3 Å². The zero-order chi connectivity index (χ0) is 20.8. The molecule has 1 aliphatic carbocycles. The molecule has 2 heterocycles. The number of nitrogens with zero attached hydrogens (tertiary/aromatic N) is 1. The summed E-state index contributed by atoms with van der Waals surface area (Å²) in [7, 11) is 1.32. The number of aromatic nitrogens is 2. The van der Waals surface area contributed by atoms with Crippen LogP contribution in [0.15, 0.2) is 4.79 Å². The van der Waals surface area contributed by atoms with Crippen molar-refractivity contribution < 1.29 is 14.3 Å². The maximum Gasteiger partial charge on any atom is 0.328 e. The SMILES string of the molecule is COC(=O)C(CCSC)NC(=O)CSCc1nc2sc3c(c2c(=O)[nH]1)CCCC3. The van der Waals surface area contributed by atoms with Crippen LogP contribution < -0.4 is 10.9 Å². The molecule has 1 unspecified atom stereocenters. The highest BCUT2D eigenvalue weighted by Crippen LogP contribution is 2.33. The lowest BCUT2D eigenvalue weighted by Gasteiger charge is -2.15. The van der Waals surface area contributed by atoms with Gasteiger partial charge in [0.1, 0.15) is 16.7 Å². The van der Waals surface area contributed by atoms with Crippen LogP contribution in [0.2, 0.25) is 0 Å². The molecule has 2 N–H and O–H groups in total. The minimum absolute atomic E-state index is 0.0859. The highest BCUT2D eigenvalue weighted by Gasteiger charge is 2.22. The van der Waals surface area contributed by atoms with Gasteiger partial charge in [-0.05, 0) is 49.7 Å². The summed E-state index contributed by atoms with van der Waals surface area (Å²) >= 11 is 4.58. The summed E-state index contributed by atoms with van der Waals surface area (Å²) < 4.78 is 4.75. The average molecular weight is 456 g/mol. The molecule has 1 amide bonds. The molecule has 0 saturated heterocycles. The van der Waals surface area contributed by atoms with E-state index in [1.54, 1.807) is 23.1 Å². The van der Waals surface area contributed by atoms with Gasteiger partial charge in [0, 0.05) is 4.88 Å². The van der Waals surface area contributed by atoms with Gasteiger partial charge in [-0.15, -0.1) is 23.1 Å². The molecular weight excluding hydrogens is 430 g/mol. The maximum atomic E-state index is 12.6. The number of hydrogen-bond donors (Lipinski definition) is 2. The van der Waals surface area contributed by atoms with Gasteiger partial charge >= 0.3 is 5.97 Å². The van der Waals surface area contributed by atoms with Crippen LogP contribution in [0.4, 0.5) is 0 Å². The number of thiophene rings is 1. The first-order valence-electron chi connectivity index (χ1n) is 9.50. The number of nitrogens with one attached hydrogen (secondary N) is 2. The molecule has 158 valence electrons. The molecule has 29 heavy (non-hydrogen) atoms. The Bertz CT molecular complexity index is 941. The largest absolute Gasteiger partial charge is 0.467 e. The number of methoxy groups -OCH3 is 1. The number of rotatable bonds is 9. The molecule has 0 radical (unpaired) electrons. The van der Waals surface area contributed by atoms with Gasteiger partial charge in [-0.25, -0.2) is 9.78 Å². The summed E-state index contributed by atoms with van der Waals surface area (Å²) in [6.45, 7) is 0. The molecule has 1 aliphatic rings. The molecule has 0 spiro atoms. The van der Waals surface area contributed by atoms with E-state index in [0.29, 0.717) is 18.0 Å². The zero-order valence-corrected chi connectivity index (χ0v) is 19.0. The van der Waals surface area contributed by atoms with Gasteiger partial charge < -0.3 is 15.0 Å². The summed E-state index contributed by atoms with van der Waals surface area (Å²) in [5.41, 5.74) is 1.08. The molecular formula is C19H25N3O4S3. The number of carbonyl (C=O) groups is 2. The number of aryl methyl sites for hydroxylation is 2. The number of carbonyl (C=O) groups excluding carboxylic acids is 2. The standard InChI is InChI=1S/C19H25N3O4S3/c1-26-19(25)12(7-8-27-2)20-15(23)10-28-9-14-21-17(24)16-11-5-3-4-6-13(11)29-18(16)22-14/h12H,3-10H2,1-2H3,(H,20,23)(H,21,22,24). The fraction of sp³-hybridized carbons (Fsp3) is 0.579. The Balaban J connectivity index is 1.58. The van der Waals surface area contributed by atoms with Gasteiger partial charge in [-0.3, -0.25) is 9.59 Å². The van der Waals surface area contributed by atoms with Gasteiger partial charge in [0.15, 0.2) is 0 Å². The van der Waals surface area contributed by atoms with Crippen molar-refractivity contribution in [1.29, 1.82) is 0 Å². The molecule has 2 aromatic heterocycles. The predicted octanol–water partition coefficient (Wildman–Crippen LogP) is 2.51. The fourth-order valence-electron chi connectivity index (χ4n) is 3.38. The van der Waals surface area contributed by atoms with Crippen molar-refractivity contribution in [2.24, 2.45) is 0 Å². The van der Waals surface area contributed by atoms with Crippen LogP contribution in [0, 0.1) is 0 Å².